The third-order valence-corrected chi connectivity index (χ3v) is 3.18. The molecule has 138 valence electrons. The number of carbonyl (C=O) groups excluding carboxylic acids is 3. The van der Waals surface area contributed by atoms with Crippen LogP contribution in [0.3, 0.4) is 0 Å². The maximum absolute atomic E-state index is 12.4. The van der Waals surface area contributed by atoms with E-state index in [0.29, 0.717) is 6.54 Å². The third kappa shape index (κ3) is 8.74. The van der Waals surface area contributed by atoms with Gasteiger partial charge in [-0.25, -0.2) is 4.79 Å². The number of hydrogen-bond acceptors (Lipinski definition) is 5. The Bertz CT molecular complexity index is 581. The molecule has 0 aliphatic heterocycles. The summed E-state index contributed by atoms with van der Waals surface area (Å²) >= 11 is 0. The van der Waals surface area contributed by atoms with Crippen molar-refractivity contribution in [2.24, 2.45) is 0 Å². The van der Waals surface area contributed by atoms with Crippen molar-refractivity contribution in [3.63, 3.8) is 0 Å². The SMILES string of the molecule is COC(=O)CC[C@H](NC(=O)OC(C)(C)C)C(=O)NCc1ccccc1. The van der Waals surface area contributed by atoms with E-state index in [-0.39, 0.29) is 12.8 Å². The smallest absolute Gasteiger partial charge is 0.408 e. The second-order valence-corrected chi connectivity index (χ2v) is 6.52. The van der Waals surface area contributed by atoms with Gasteiger partial charge in [-0.1, -0.05) is 30.3 Å². The first kappa shape index (κ1) is 20.5. The van der Waals surface area contributed by atoms with Gasteiger partial charge in [-0.2, -0.15) is 0 Å². The summed E-state index contributed by atoms with van der Waals surface area (Å²) in [4.78, 5) is 35.7. The van der Waals surface area contributed by atoms with Gasteiger partial charge in [-0.05, 0) is 32.8 Å². The van der Waals surface area contributed by atoms with Crippen LogP contribution >= 0.6 is 0 Å². The number of methoxy groups -OCH3 is 1. The molecule has 7 nitrogen and oxygen atoms in total. The van der Waals surface area contributed by atoms with Crippen LogP contribution in [0.5, 0.6) is 0 Å². The molecule has 0 heterocycles. The summed E-state index contributed by atoms with van der Waals surface area (Å²) in [6, 6.07) is 8.49. The molecule has 0 unspecified atom stereocenters. The maximum atomic E-state index is 12.4. The van der Waals surface area contributed by atoms with Crippen LogP contribution in [0.1, 0.15) is 39.2 Å². The second kappa shape index (κ2) is 9.66. The zero-order valence-corrected chi connectivity index (χ0v) is 15.1. The number of hydrogen-bond donors (Lipinski definition) is 2. The predicted molar refractivity (Wildman–Crippen MR) is 92.7 cm³/mol. The fourth-order valence-corrected chi connectivity index (χ4v) is 1.99. The van der Waals surface area contributed by atoms with Gasteiger partial charge in [0.2, 0.25) is 5.91 Å². The summed E-state index contributed by atoms with van der Waals surface area (Å²) in [7, 11) is 1.27. The Morgan fingerprint density at radius 2 is 1.76 bits per heavy atom. The zero-order chi connectivity index (χ0) is 18.9. The number of alkyl carbamates (subject to hydrolysis) is 1. The van der Waals surface area contributed by atoms with Crippen LogP contribution in [-0.2, 0) is 25.6 Å². The first-order valence-corrected chi connectivity index (χ1v) is 8.09. The molecule has 0 saturated heterocycles. The van der Waals surface area contributed by atoms with Crippen molar-refractivity contribution in [3.05, 3.63) is 35.9 Å². The highest BCUT2D eigenvalue weighted by molar-refractivity contribution is 5.86. The lowest BCUT2D eigenvalue weighted by Gasteiger charge is -2.23. The van der Waals surface area contributed by atoms with Crippen molar-refractivity contribution in [2.75, 3.05) is 7.11 Å². The minimum Gasteiger partial charge on any atom is -0.469 e. The van der Waals surface area contributed by atoms with E-state index in [1.165, 1.54) is 7.11 Å². The molecule has 25 heavy (non-hydrogen) atoms. The topological polar surface area (TPSA) is 93.7 Å². The van der Waals surface area contributed by atoms with E-state index in [2.05, 4.69) is 15.4 Å². The molecule has 0 aliphatic rings. The highest BCUT2D eigenvalue weighted by atomic mass is 16.6. The lowest BCUT2D eigenvalue weighted by molar-refractivity contribution is -0.141. The molecular weight excluding hydrogens is 324 g/mol. The molecule has 0 radical (unpaired) electrons. The van der Waals surface area contributed by atoms with E-state index in [4.69, 9.17) is 4.74 Å². The first-order valence-electron chi connectivity index (χ1n) is 8.09. The van der Waals surface area contributed by atoms with E-state index in [1.54, 1.807) is 20.8 Å². The average Bonchev–Trinajstić information content (AvgIpc) is 2.55. The van der Waals surface area contributed by atoms with E-state index >= 15 is 0 Å². The molecular formula is C18H26N2O5. The highest BCUT2D eigenvalue weighted by Crippen LogP contribution is 2.08. The van der Waals surface area contributed by atoms with Crippen LogP contribution in [0.15, 0.2) is 30.3 Å². The van der Waals surface area contributed by atoms with Crippen LogP contribution in [0.4, 0.5) is 4.79 Å². The van der Waals surface area contributed by atoms with Gasteiger partial charge in [0, 0.05) is 13.0 Å². The van der Waals surface area contributed by atoms with E-state index in [0.717, 1.165) is 5.56 Å². The monoisotopic (exact) mass is 350 g/mol. The second-order valence-electron chi connectivity index (χ2n) is 6.52. The van der Waals surface area contributed by atoms with Gasteiger partial charge in [0.25, 0.3) is 0 Å². The number of nitrogens with one attached hydrogen (secondary N) is 2. The lowest BCUT2D eigenvalue weighted by atomic mass is 10.1. The summed E-state index contributed by atoms with van der Waals surface area (Å²) < 4.78 is 9.75. The quantitative estimate of drug-likeness (QED) is 0.735. The fourth-order valence-electron chi connectivity index (χ4n) is 1.99. The molecule has 0 fully saturated rings. The summed E-state index contributed by atoms with van der Waals surface area (Å²) in [5.74, 6) is -0.842. The number of esters is 1. The van der Waals surface area contributed by atoms with Gasteiger partial charge >= 0.3 is 12.1 Å². The van der Waals surface area contributed by atoms with Crippen LogP contribution in [0.2, 0.25) is 0 Å². The van der Waals surface area contributed by atoms with Crippen LogP contribution in [0, 0.1) is 0 Å². The largest absolute Gasteiger partial charge is 0.469 e. The van der Waals surface area contributed by atoms with Gasteiger partial charge in [0.05, 0.1) is 7.11 Å². The van der Waals surface area contributed by atoms with Gasteiger partial charge < -0.3 is 20.1 Å². The molecule has 2 amide bonds. The summed E-state index contributed by atoms with van der Waals surface area (Å²) in [6.07, 6.45) is -0.584. The lowest BCUT2D eigenvalue weighted by Crippen LogP contribution is -2.48. The molecule has 1 rings (SSSR count). The van der Waals surface area contributed by atoms with Crippen molar-refractivity contribution in [3.8, 4) is 0 Å². The normalized spacial score (nSPS) is 12.0. The number of carbonyl (C=O) groups is 3. The molecule has 0 saturated carbocycles. The maximum Gasteiger partial charge on any atom is 0.408 e. The Morgan fingerprint density at radius 1 is 1.12 bits per heavy atom. The number of rotatable bonds is 7. The molecule has 1 aromatic rings. The minimum absolute atomic E-state index is 0.00964. The Labute approximate surface area is 148 Å². The number of amides is 2. The predicted octanol–water partition coefficient (Wildman–Crippen LogP) is 2.15. The molecule has 1 atom stereocenters. The van der Waals surface area contributed by atoms with Crippen molar-refractivity contribution in [1.29, 1.82) is 0 Å². The Balaban J connectivity index is 2.66. The average molecular weight is 350 g/mol. The van der Waals surface area contributed by atoms with Crippen molar-refractivity contribution >= 4 is 18.0 Å². The van der Waals surface area contributed by atoms with Crippen molar-refractivity contribution < 1.29 is 23.9 Å². The Hall–Kier alpha value is -2.57. The van der Waals surface area contributed by atoms with Crippen molar-refractivity contribution in [1.82, 2.24) is 10.6 Å². The van der Waals surface area contributed by atoms with Gasteiger partial charge in [0.15, 0.2) is 0 Å². The first-order chi connectivity index (χ1) is 11.7. The summed E-state index contributed by atoms with van der Waals surface area (Å²) in [5.41, 5.74) is 0.247. The number of benzene rings is 1. The molecule has 0 aromatic heterocycles. The summed E-state index contributed by atoms with van der Waals surface area (Å²) in [5, 5.41) is 5.26. The molecule has 2 N–H and O–H groups in total. The molecule has 0 aliphatic carbocycles. The van der Waals surface area contributed by atoms with Gasteiger partial charge in [-0.3, -0.25) is 9.59 Å². The fraction of sp³-hybridized carbons (Fsp3) is 0.500. The molecule has 7 heteroatoms. The summed E-state index contributed by atoms with van der Waals surface area (Å²) in [6.45, 7) is 5.51. The van der Waals surface area contributed by atoms with Crippen LogP contribution in [-0.4, -0.2) is 36.7 Å². The minimum atomic E-state index is -0.891. The van der Waals surface area contributed by atoms with Gasteiger partial charge in [0.1, 0.15) is 11.6 Å². The molecule has 1 aromatic carbocycles. The third-order valence-electron chi connectivity index (χ3n) is 3.18. The number of ether oxygens (including phenoxy) is 2. The van der Waals surface area contributed by atoms with E-state index < -0.39 is 29.6 Å². The Morgan fingerprint density at radius 3 is 2.32 bits per heavy atom. The van der Waals surface area contributed by atoms with Crippen LogP contribution < -0.4 is 10.6 Å². The van der Waals surface area contributed by atoms with Crippen molar-refractivity contribution in [2.45, 2.75) is 51.8 Å². The zero-order valence-electron chi connectivity index (χ0n) is 15.1. The van der Waals surface area contributed by atoms with E-state index in [1.807, 2.05) is 30.3 Å². The standard InChI is InChI=1S/C18H26N2O5/c1-18(2,3)25-17(23)20-14(10-11-15(21)24-4)16(22)19-12-13-8-6-5-7-9-13/h5-9,14H,10-12H2,1-4H3,(H,19,22)(H,20,23)/t14-/m0/s1. The van der Waals surface area contributed by atoms with Gasteiger partial charge in [-0.15, -0.1) is 0 Å². The highest BCUT2D eigenvalue weighted by Gasteiger charge is 2.25. The molecule has 0 bridgehead atoms. The molecule has 0 spiro atoms. The van der Waals surface area contributed by atoms with E-state index in [9.17, 15) is 14.4 Å². The Kier molecular flexibility index (Phi) is 7.91. The van der Waals surface area contributed by atoms with Crippen LogP contribution in [0.25, 0.3) is 0 Å².